The van der Waals surface area contributed by atoms with Gasteiger partial charge in [-0.3, -0.25) is 11.3 Å². The maximum absolute atomic E-state index is 5.88. The Kier molecular flexibility index (Phi) is 7.03. The molecule has 0 aromatic heterocycles. The number of aryl methyl sites for hydroxylation is 2. The molecule has 0 saturated carbocycles. The van der Waals surface area contributed by atoms with Crippen molar-refractivity contribution in [2.45, 2.75) is 59.4 Å². The molecule has 1 aromatic carbocycles. The Hall–Kier alpha value is -1.06. The number of hydrogen-bond donors (Lipinski definition) is 2. The largest absolute Gasteiger partial charge is 0.496 e. The molecule has 1 aromatic rings. The van der Waals surface area contributed by atoms with Gasteiger partial charge in [-0.15, -0.1) is 0 Å². The summed E-state index contributed by atoms with van der Waals surface area (Å²) in [6, 6.07) is 4.45. The molecule has 0 spiro atoms. The zero-order valence-electron chi connectivity index (χ0n) is 13.6. The van der Waals surface area contributed by atoms with Gasteiger partial charge >= 0.3 is 0 Å². The summed E-state index contributed by atoms with van der Waals surface area (Å²) in [7, 11) is 1.73. The third kappa shape index (κ3) is 3.97. The topological polar surface area (TPSA) is 47.3 Å². The molecular weight excluding hydrogens is 248 g/mol. The summed E-state index contributed by atoms with van der Waals surface area (Å²) in [5.74, 6) is 7.36. The summed E-state index contributed by atoms with van der Waals surface area (Å²) in [5.41, 5.74) is 6.72. The normalized spacial score (nSPS) is 14.1. The number of hydrogen-bond acceptors (Lipinski definition) is 3. The number of nitrogens with two attached hydrogens (primary N) is 1. The van der Waals surface area contributed by atoms with Crippen molar-refractivity contribution in [3.8, 4) is 5.75 Å². The highest BCUT2D eigenvalue weighted by Crippen LogP contribution is 2.36. The van der Waals surface area contributed by atoms with E-state index in [9.17, 15) is 0 Å². The van der Waals surface area contributed by atoms with Crippen LogP contribution in [0.4, 0.5) is 0 Å². The van der Waals surface area contributed by atoms with Crippen molar-refractivity contribution < 1.29 is 4.74 Å². The number of unbranched alkanes of at least 4 members (excludes halogenated alkanes) is 1. The summed E-state index contributed by atoms with van der Waals surface area (Å²) in [5, 5.41) is 0. The van der Waals surface area contributed by atoms with Crippen LogP contribution >= 0.6 is 0 Å². The molecule has 0 fully saturated rings. The van der Waals surface area contributed by atoms with E-state index < -0.39 is 0 Å². The molecule has 0 aliphatic heterocycles. The van der Waals surface area contributed by atoms with E-state index in [-0.39, 0.29) is 6.04 Å². The Morgan fingerprint density at radius 1 is 1.25 bits per heavy atom. The van der Waals surface area contributed by atoms with Gasteiger partial charge in [-0.2, -0.15) is 0 Å². The lowest BCUT2D eigenvalue weighted by Crippen LogP contribution is -2.34. The molecule has 0 aliphatic carbocycles. The van der Waals surface area contributed by atoms with Crippen LogP contribution in [0.2, 0.25) is 0 Å². The van der Waals surface area contributed by atoms with Crippen molar-refractivity contribution >= 4 is 0 Å². The predicted molar refractivity (Wildman–Crippen MR) is 85.8 cm³/mol. The van der Waals surface area contributed by atoms with Gasteiger partial charge in [0.15, 0.2) is 0 Å². The Balaban J connectivity index is 3.16. The van der Waals surface area contributed by atoms with E-state index in [1.807, 2.05) is 0 Å². The average Bonchev–Trinajstić information content (AvgIpc) is 2.44. The predicted octanol–water partition coefficient (Wildman–Crippen LogP) is 4.03. The molecule has 3 heteroatoms. The summed E-state index contributed by atoms with van der Waals surface area (Å²) < 4.78 is 5.59. The van der Waals surface area contributed by atoms with Crippen molar-refractivity contribution in [1.82, 2.24) is 5.43 Å². The van der Waals surface area contributed by atoms with Crippen molar-refractivity contribution in [2.24, 2.45) is 11.8 Å². The maximum atomic E-state index is 5.88. The summed E-state index contributed by atoms with van der Waals surface area (Å²) in [6.07, 6.45) is 4.77. The Bertz CT molecular complexity index is 418. The first kappa shape index (κ1) is 17.0. The molecule has 1 rings (SSSR count). The van der Waals surface area contributed by atoms with E-state index >= 15 is 0 Å². The van der Waals surface area contributed by atoms with E-state index in [1.54, 1.807) is 7.11 Å². The average molecular weight is 278 g/mol. The molecule has 0 amide bonds. The van der Waals surface area contributed by atoms with Crippen molar-refractivity contribution in [1.29, 1.82) is 0 Å². The van der Waals surface area contributed by atoms with Gasteiger partial charge in [-0.25, -0.2) is 0 Å². The SMILES string of the molecule is CCCCC(CC)C(NN)c1c(C)cc(C)cc1OC. The number of benzene rings is 1. The molecule has 114 valence electrons. The molecule has 2 unspecified atom stereocenters. The van der Waals surface area contributed by atoms with Crippen LogP contribution in [-0.4, -0.2) is 7.11 Å². The third-order valence-electron chi connectivity index (χ3n) is 4.13. The van der Waals surface area contributed by atoms with E-state index in [0.717, 1.165) is 12.2 Å². The van der Waals surface area contributed by atoms with E-state index in [0.29, 0.717) is 5.92 Å². The lowest BCUT2D eigenvalue weighted by molar-refractivity contribution is 0.313. The molecule has 0 bridgehead atoms. The number of nitrogens with one attached hydrogen (secondary N) is 1. The Labute approximate surface area is 123 Å². The molecule has 0 saturated heterocycles. The molecule has 20 heavy (non-hydrogen) atoms. The molecule has 2 atom stereocenters. The zero-order valence-corrected chi connectivity index (χ0v) is 13.6. The number of rotatable bonds is 8. The minimum absolute atomic E-state index is 0.155. The lowest BCUT2D eigenvalue weighted by Gasteiger charge is -2.29. The Morgan fingerprint density at radius 2 is 1.95 bits per heavy atom. The summed E-state index contributed by atoms with van der Waals surface area (Å²) >= 11 is 0. The minimum atomic E-state index is 0.155. The summed E-state index contributed by atoms with van der Waals surface area (Å²) in [6.45, 7) is 8.70. The van der Waals surface area contributed by atoms with Gasteiger partial charge in [0.25, 0.3) is 0 Å². The smallest absolute Gasteiger partial charge is 0.124 e. The highest BCUT2D eigenvalue weighted by Gasteiger charge is 2.25. The third-order valence-corrected chi connectivity index (χ3v) is 4.13. The fourth-order valence-electron chi connectivity index (χ4n) is 3.04. The van der Waals surface area contributed by atoms with Crippen molar-refractivity contribution in [2.75, 3.05) is 7.11 Å². The van der Waals surface area contributed by atoms with Crippen LogP contribution in [0.3, 0.4) is 0 Å². The van der Waals surface area contributed by atoms with Crippen LogP contribution in [0.1, 0.15) is 62.3 Å². The monoisotopic (exact) mass is 278 g/mol. The van der Waals surface area contributed by atoms with Gasteiger partial charge < -0.3 is 4.74 Å². The zero-order chi connectivity index (χ0) is 15.1. The second-order valence-corrected chi connectivity index (χ2v) is 5.65. The van der Waals surface area contributed by atoms with E-state index in [4.69, 9.17) is 10.6 Å². The van der Waals surface area contributed by atoms with Gasteiger partial charge in [0.2, 0.25) is 0 Å². The second kappa shape index (κ2) is 8.28. The minimum Gasteiger partial charge on any atom is -0.496 e. The standard InChI is InChI=1S/C17H30N2O/c1-6-8-9-14(7-2)17(19-18)16-13(4)10-12(3)11-15(16)20-5/h10-11,14,17,19H,6-9,18H2,1-5H3. The highest BCUT2D eigenvalue weighted by molar-refractivity contribution is 5.45. The number of hydrazine groups is 1. The fraction of sp³-hybridized carbons (Fsp3) is 0.647. The quantitative estimate of drug-likeness (QED) is 0.557. The molecule has 3 nitrogen and oxygen atoms in total. The molecule has 0 radical (unpaired) electrons. The van der Waals surface area contributed by atoms with E-state index in [2.05, 4.69) is 45.3 Å². The first-order valence-corrected chi connectivity index (χ1v) is 7.70. The van der Waals surface area contributed by atoms with Gasteiger partial charge in [0, 0.05) is 5.56 Å². The van der Waals surface area contributed by atoms with Gasteiger partial charge in [-0.1, -0.05) is 39.2 Å². The van der Waals surface area contributed by atoms with Gasteiger partial charge in [0.05, 0.1) is 13.2 Å². The van der Waals surface area contributed by atoms with Crippen LogP contribution in [0, 0.1) is 19.8 Å². The fourth-order valence-corrected chi connectivity index (χ4v) is 3.04. The van der Waals surface area contributed by atoms with Crippen LogP contribution in [0.5, 0.6) is 5.75 Å². The van der Waals surface area contributed by atoms with E-state index in [1.165, 1.54) is 36.0 Å². The molecule has 0 heterocycles. The Morgan fingerprint density at radius 3 is 2.45 bits per heavy atom. The van der Waals surface area contributed by atoms with Crippen LogP contribution < -0.4 is 16.0 Å². The molecule has 0 aliphatic rings. The van der Waals surface area contributed by atoms with Crippen LogP contribution in [0.15, 0.2) is 12.1 Å². The highest BCUT2D eigenvalue weighted by atomic mass is 16.5. The van der Waals surface area contributed by atoms with Crippen LogP contribution in [-0.2, 0) is 0 Å². The first-order valence-electron chi connectivity index (χ1n) is 7.70. The molecular formula is C17H30N2O. The van der Waals surface area contributed by atoms with Gasteiger partial charge in [0.1, 0.15) is 5.75 Å². The molecule has 3 N–H and O–H groups in total. The van der Waals surface area contributed by atoms with Gasteiger partial charge in [-0.05, 0) is 43.4 Å². The number of methoxy groups -OCH3 is 1. The maximum Gasteiger partial charge on any atom is 0.124 e. The lowest BCUT2D eigenvalue weighted by atomic mass is 9.84. The first-order chi connectivity index (χ1) is 9.58. The van der Waals surface area contributed by atoms with Crippen molar-refractivity contribution in [3.05, 3.63) is 28.8 Å². The van der Waals surface area contributed by atoms with Crippen molar-refractivity contribution in [3.63, 3.8) is 0 Å². The van der Waals surface area contributed by atoms with Crippen LogP contribution in [0.25, 0.3) is 0 Å². The number of ether oxygens (including phenoxy) is 1. The second-order valence-electron chi connectivity index (χ2n) is 5.65. The summed E-state index contributed by atoms with van der Waals surface area (Å²) in [4.78, 5) is 0.